The molecule has 0 heterocycles. The van der Waals surface area contributed by atoms with E-state index < -0.39 is 0 Å². The molecule has 0 saturated heterocycles. The van der Waals surface area contributed by atoms with E-state index in [4.69, 9.17) is 15.2 Å². The third kappa shape index (κ3) is 6.14. The number of halogens is 1. The Kier molecular flexibility index (Phi) is 8.54. The number of nitrogens with two attached hydrogens (primary N) is 1. The van der Waals surface area contributed by atoms with Gasteiger partial charge in [-0.05, 0) is 49.6 Å². The van der Waals surface area contributed by atoms with Crippen LogP contribution in [0.2, 0.25) is 0 Å². The minimum atomic E-state index is -0.228. The molecule has 0 aromatic heterocycles. The van der Waals surface area contributed by atoms with Gasteiger partial charge in [0.25, 0.3) is 0 Å². The van der Waals surface area contributed by atoms with Crippen LogP contribution in [0.3, 0.4) is 0 Å². The molecule has 0 aliphatic carbocycles. The zero-order valence-electron chi connectivity index (χ0n) is 13.2. The number of ether oxygens (including phenoxy) is 2. The Morgan fingerprint density at radius 3 is 2.43 bits per heavy atom. The molecule has 0 fully saturated rings. The Morgan fingerprint density at radius 1 is 1.14 bits per heavy atom. The van der Waals surface area contributed by atoms with Crippen molar-refractivity contribution < 1.29 is 13.9 Å². The Bertz CT molecular complexity index is 427. The van der Waals surface area contributed by atoms with Crippen LogP contribution in [0.15, 0.2) is 17.0 Å². The number of hydrogen-bond donors (Lipinski definition) is 1. The van der Waals surface area contributed by atoms with Crippen LogP contribution in [0.5, 0.6) is 11.5 Å². The smallest absolute Gasteiger partial charge is 0.132 e. The number of alkyl halides is 1. The highest BCUT2D eigenvalue weighted by atomic mass is 32.2. The molecule has 0 aliphatic rings. The molecule has 3 nitrogen and oxygen atoms in total. The first-order valence-corrected chi connectivity index (χ1v) is 8.30. The topological polar surface area (TPSA) is 44.5 Å². The summed E-state index contributed by atoms with van der Waals surface area (Å²) >= 11 is 1.72. The van der Waals surface area contributed by atoms with Gasteiger partial charge < -0.3 is 15.2 Å². The molecule has 120 valence electrons. The maximum absolute atomic E-state index is 12.1. The molecule has 1 rings (SSSR count). The molecular formula is C16H26FNO2S. The van der Waals surface area contributed by atoms with E-state index in [-0.39, 0.29) is 12.7 Å². The summed E-state index contributed by atoms with van der Waals surface area (Å²) in [6.07, 6.45) is 3.32. The molecule has 21 heavy (non-hydrogen) atoms. The van der Waals surface area contributed by atoms with Gasteiger partial charge >= 0.3 is 0 Å². The number of thioether (sulfide) groups is 1. The van der Waals surface area contributed by atoms with Gasteiger partial charge in [-0.15, -0.1) is 11.8 Å². The average Bonchev–Trinajstić information content (AvgIpc) is 2.47. The molecule has 0 bridgehead atoms. The third-order valence-corrected chi connectivity index (χ3v) is 4.27. The van der Waals surface area contributed by atoms with Crippen molar-refractivity contribution in [3.05, 3.63) is 17.7 Å². The zero-order chi connectivity index (χ0) is 15.7. The normalized spacial score (nSPS) is 12.2. The van der Waals surface area contributed by atoms with Crippen LogP contribution in [0.25, 0.3) is 0 Å². The second-order valence-corrected chi connectivity index (χ2v) is 6.23. The zero-order valence-corrected chi connectivity index (χ0v) is 14.0. The van der Waals surface area contributed by atoms with Crippen molar-refractivity contribution in [1.29, 1.82) is 0 Å². The highest BCUT2D eigenvalue weighted by molar-refractivity contribution is 7.99. The van der Waals surface area contributed by atoms with Crippen LogP contribution in [-0.2, 0) is 6.42 Å². The maximum Gasteiger partial charge on any atom is 0.132 e. The first-order valence-electron chi connectivity index (χ1n) is 7.31. The van der Waals surface area contributed by atoms with Gasteiger partial charge in [-0.3, -0.25) is 4.39 Å². The highest BCUT2D eigenvalue weighted by Gasteiger charge is 2.13. The number of rotatable bonds is 10. The van der Waals surface area contributed by atoms with E-state index in [0.717, 1.165) is 47.0 Å². The standard InChI is InChI=1S/C16H26FNO2S/c1-12(18)9-13-10-15(20-3)16(11-14(13)19-2)21-8-6-4-5-7-17/h10-12H,4-9,18H2,1-3H3. The molecule has 0 amide bonds. The van der Waals surface area contributed by atoms with Gasteiger partial charge in [0.15, 0.2) is 0 Å². The molecular weight excluding hydrogens is 289 g/mol. The van der Waals surface area contributed by atoms with Crippen molar-refractivity contribution in [3.8, 4) is 11.5 Å². The van der Waals surface area contributed by atoms with E-state index in [9.17, 15) is 4.39 Å². The lowest BCUT2D eigenvalue weighted by Crippen LogP contribution is -2.18. The molecule has 0 aliphatic heterocycles. The number of benzene rings is 1. The largest absolute Gasteiger partial charge is 0.496 e. The van der Waals surface area contributed by atoms with Crippen molar-refractivity contribution in [3.63, 3.8) is 0 Å². The van der Waals surface area contributed by atoms with Crippen LogP contribution in [0.4, 0.5) is 4.39 Å². The third-order valence-electron chi connectivity index (χ3n) is 3.14. The first kappa shape index (κ1) is 18.1. The lowest BCUT2D eigenvalue weighted by atomic mass is 10.1. The molecule has 0 spiro atoms. The van der Waals surface area contributed by atoms with E-state index >= 15 is 0 Å². The maximum atomic E-state index is 12.1. The van der Waals surface area contributed by atoms with Crippen molar-refractivity contribution in [2.75, 3.05) is 26.6 Å². The molecule has 5 heteroatoms. The second-order valence-electron chi connectivity index (χ2n) is 5.09. The van der Waals surface area contributed by atoms with Crippen molar-refractivity contribution in [2.45, 2.75) is 43.5 Å². The minimum Gasteiger partial charge on any atom is -0.496 e. The molecule has 1 atom stereocenters. The van der Waals surface area contributed by atoms with E-state index in [1.807, 2.05) is 19.1 Å². The number of unbranched alkanes of at least 4 members (excludes halogenated alkanes) is 2. The van der Waals surface area contributed by atoms with Crippen LogP contribution in [-0.4, -0.2) is 32.7 Å². The van der Waals surface area contributed by atoms with Gasteiger partial charge in [-0.25, -0.2) is 0 Å². The monoisotopic (exact) mass is 315 g/mol. The summed E-state index contributed by atoms with van der Waals surface area (Å²) in [5.74, 6) is 2.65. The van der Waals surface area contributed by atoms with Gasteiger partial charge in [0, 0.05) is 6.04 Å². The van der Waals surface area contributed by atoms with Crippen LogP contribution >= 0.6 is 11.8 Å². The quantitative estimate of drug-likeness (QED) is 0.526. The molecule has 0 radical (unpaired) electrons. The summed E-state index contributed by atoms with van der Waals surface area (Å²) in [5.41, 5.74) is 6.93. The van der Waals surface area contributed by atoms with Crippen LogP contribution < -0.4 is 15.2 Å². The summed E-state index contributed by atoms with van der Waals surface area (Å²) < 4.78 is 23.0. The minimum absolute atomic E-state index is 0.0720. The molecule has 2 N–H and O–H groups in total. The summed E-state index contributed by atoms with van der Waals surface area (Å²) in [4.78, 5) is 1.06. The lowest BCUT2D eigenvalue weighted by molar-refractivity contribution is 0.389. The predicted octanol–water partition coefficient (Wildman–Crippen LogP) is 3.83. The average molecular weight is 315 g/mol. The lowest BCUT2D eigenvalue weighted by Gasteiger charge is -2.16. The molecule has 1 unspecified atom stereocenters. The predicted molar refractivity (Wildman–Crippen MR) is 87.4 cm³/mol. The van der Waals surface area contributed by atoms with Gasteiger partial charge in [0.1, 0.15) is 11.5 Å². The number of methoxy groups -OCH3 is 2. The van der Waals surface area contributed by atoms with Gasteiger partial charge in [-0.1, -0.05) is 6.42 Å². The second kappa shape index (κ2) is 9.90. The van der Waals surface area contributed by atoms with Crippen LogP contribution in [0.1, 0.15) is 31.7 Å². The fourth-order valence-corrected chi connectivity index (χ4v) is 3.15. The fourth-order valence-electron chi connectivity index (χ4n) is 2.11. The number of hydrogen-bond acceptors (Lipinski definition) is 4. The Hall–Kier alpha value is -0.940. The fraction of sp³-hybridized carbons (Fsp3) is 0.625. The van der Waals surface area contributed by atoms with Crippen LogP contribution in [0, 0.1) is 0 Å². The summed E-state index contributed by atoms with van der Waals surface area (Å²) in [7, 11) is 3.34. The van der Waals surface area contributed by atoms with Crippen molar-refractivity contribution in [1.82, 2.24) is 0 Å². The Morgan fingerprint density at radius 2 is 1.86 bits per heavy atom. The van der Waals surface area contributed by atoms with E-state index in [2.05, 4.69) is 0 Å². The summed E-state index contributed by atoms with van der Waals surface area (Å²) in [6.45, 7) is 1.74. The van der Waals surface area contributed by atoms with Crippen molar-refractivity contribution >= 4 is 11.8 Å². The Labute approximate surface area is 131 Å². The highest BCUT2D eigenvalue weighted by Crippen LogP contribution is 2.36. The van der Waals surface area contributed by atoms with Crippen molar-refractivity contribution in [2.24, 2.45) is 5.73 Å². The summed E-state index contributed by atoms with van der Waals surface area (Å²) in [5, 5.41) is 0. The van der Waals surface area contributed by atoms with Gasteiger partial charge in [0.2, 0.25) is 0 Å². The van der Waals surface area contributed by atoms with Gasteiger partial charge in [-0.2, -0.15) is 0 Å². The Balaban J connectivity index is 2.78. The summed E-state index contributed by atoms with van der Waals surface area (Å²) in [6, 6.07) is 4.09. The van der Waals surface area contributed by atoms with Gasteiger partial charge in [0.05, 0.1) is 25.8 Å². The molecule has 1 aromatic carbocycles. The SMILES string of the molecule is COc1cc(SCCCCCF)c(OC)cc1CC(C)N. The first-order chi connectivity index (χ1) is 10.1. The molecule has 0 saturated carbocycles. The molecule has 1 aromatic rings. The van der Waals surface area contributed by atoms with E-state index in [1.165, 1.54) is 0 Å². The van der Waals surface area contributed by atoms with E-state index in [1.54, 1.807) is 26.0 Å². The van der Waals surface area contributed by atoms with E-state index in [0.29, 0.717) is 6.42 Å².